The van der Waals surface area contributed by atoms with Crippen LogP contribution in [0.4, 0.5) is 4.39 Å². The van der Waals surface area contributed by atoms with Crippen molar-refractivity contribution in [2.75, 3.05) is 0 Å². The second-order valence-corrected chi connectivity index (χ2v) is 3.44. The molecule has 0 aliphatic carbocycles. The van der Waals surface area contributed by atoms with Gasteiger partial charge in [0.05, 0.1) is 0 Å². The Kier molecular flexibility index (Phi) is 3.26. The summed E-state index contributed by atoms with van der Waals surface area (Å²) in [6, 6.07) is 6.65. The lowest BCUT2D eigenvalue weighted by molar-refractivity contribution is 0.264. The molecule has 0 unspecified atom stereocenters. The normalized spacial score (nSPS) is 10.6. The van der Waals surface area contributed by atoms with E-state index in [1.165, 1.54) is 12.4 Å². The van der Waals surface area contributed by atoms with E-state index in [9.17, 15) is 4.39 Å². The fraction of sp³-hybridized carbons (Fsp3) is 0.273. The maximum atomic E-state index is 13.3. The molecule has 16 heavy (non-hydrogen) atoms. The van der Waals surface area contributed by atoms with Gasteiger partial charge in [0.25, 0.3) is 0 Å². The first-order chi connectivity index (χ1) is 7.81. The SMILES string of the molecule is OCc1nncn1CCc1ccccc1F. The van der Waals surface area contributed by atoms with E-state index in [1.54, 1.807) is 22.8 Å². The third kappa shape index (κ3) is 2.25. The van der Waals surface area contributed by atoms with Gasteiger partial charge in [-0.05, 0) is 18.1 Å². The van der Waals surface area contributed by atoms with Gasteiger partial charge in [-0.15, -0.1) is 10.2 Å². The number of aliphatic hydroxyl groups is 1. The van der Waals surface area contributed by atoms with Crippen molar-refractivity contribution in [1.29, 1.82) is 0 Å². The maximum Gasteiger partial charge on any atom is 0.158 e. The molecule has 2 rings (SSSR count). The average Bonchev–Trinajstić information content (AvgIpc) is 2.75. The molecule has 0 saturated carbocycles. The monoisotopic (exact) mass is 221 g/mol. The number of halogens is 1. The summed E-state index contributed by atoms with van der Waals surface area (Å²) in [5.41, 5.74) is 0.653. The van der Waals surface area contributed by atoms with Crippen LogP contribution >= 0.6 is 0 Å². The molecule has 0 aliphatic heterocycles. The highest BCUT2D eigenvalue weighted by molar-refractivity contribution is 5.17. The minimum absolute atomic E-state index is 0.155. The van der Waals surface area contributed by atoms with Crippen LogP contribution in [0.5, 0.6) is 0 Å². The molecule has 0 atom stereocenters. The first-order valence-electron chi connectivity index (χ1n) is 5.02. The molecule has 0 aliphatic rings. The number of hydrogen-bond acceptors (Lipinski definition) is 3. The van der Waals surface area contributed by atoms with Gasteiger partial charge in [-0.3, -0.25) is 0 Å². The molecule has 0 radical (unpaired) electrons. The summed E-state index contributed by atoms with van der Waals surface area (Å²) in [7, 11) is 0. The number of hydrogen-bond donors (Lipinski definition) is 1. The van der Waals surface area contributed by atoms with Crippen molar-refractivity contribution in [3.63, 3.8) is 0 Å². The van der Waals surface area contributed by atoms with Gasteiger partial charge < -0.3 is 9.67 Å². The predicted molar refractivity (Wildman–Crippen MR) is 56.0 cm³/mol. The Balaban J connectivity index is 2.05. The number of nitrogens with zero attached hydrogens (tertiary/aromatic N) is 3. The van der Waals surface area contributed by atoms with Crippen molar-refractivity contribution >= 4 is 0 Å². The number of benzene rings is 1. The molecule has 4 nitrogen and oxygen atoms in total. The molecular formula is C11H12FN3O. The number of aromatic nitrogens is 3. The second kappa shape index (κ2) is 4.85. The fourth-order valence-corrected chi connectivity index (χ4v) is 1.53. The average molecular weight is 221 g/mol. The van der Waals surface area contributed by atoms with Gasteiger partial charge >= 0.3 is 0 Å². The number of aryl methyl sites for hydroxylation is 2. The summed E-state index contributed by atoms with van der Waals surface area (Å²) in [5.74, 6) is 0.289. The summed E-state index contributed by atoms with van der Waals surface area (Å²) in [5, 5.41) is 16.4. The summed E-state index contributed by atoms with van der Waals surface area (Å²) in [6.45, 7) is 0.404. The molecule has 0 fully saturated rings. The molecule has 1 N–H and O–H groups in total. The van der Waals surface area contributed by atoms with Crippen LogP contribution in [0, 0.1) is 5.82 Å². The predicted octanol–water partition coefficient (Wildman–Crippen LogP) is 1.15. The van der Waals surface area contributed by atoms with Crippen LogP contribution in [0.15, 0.2) is 30.6 Å². The Morgan fingerprint density at radius 3 is 2.88 bits per heavy atom. The van der Waals surface area contributed by atoms with E-state index in [2.05, 4.69) is 10.2 Å². The Morgan fingerprint density at radius 1 is 1.31 bits per heavy atom. The maximum absolute atomic E-state index is 13.3. The topological polar surface area (TPSA) is 50.9 Å². The zero-order valence-corrected chi connectivity index (χ0v) is 8.67. The van der Waals surface area contributed by atoms with E-state index >= 15 is 0 Å². The van der Waals surface area contributed by atoms with E-state index in [0.717, 1.165) is 0 Å². The van der Waals surface area contributed by atoms with Gasteiger partial charge in [0.2, 0.25) is 0 Å². The van der Waals surface area contributed by atoms with Crippen molar-refractivity contribution in [1.82, 2.24) is 14.8 Å². The zero-order chi connectivity index (χ0) is 11.4. The molecule has 5 heteroatoms. The van der Waals surface area contributed by atoms with E-state index < -0.39 is 0 Å². The van der Waals surface area contributed by atoms with Gasteiger partial charge in [-0.25, -0.2) is 4.39 Å². The molecule has 0 amide bonds. The summed E-state index contributed by atoms with van der Waals surface area (Å²) >= 11 is 0. The molecule has 1 heterocycles. The highest BCUT2D eigenvalue weighted by Gasteiger charge is 2.04. The Bertz CT molecular complexity index is 470. The second-order valence-electron chi connectivity index (χ2n) is 3.44. The Hall–Kier alpha value is -1.75. The molecule has 2 aromatic rings. The van der Waals surface area contributed by atoms with Crippen LogP contribution in [-0.4, -0.2) is 19.9 Å². The van der Waals surface area contributed by atoms with E-state index in [4.69, 9.17) is 5.11 Å². The van der Waals surface area contributed by atoms with Gasteiger partial charge in [0.15, 0.2) is 5.82 Å². The summed E-state index contributed by atoms with van der Waals surface area (Å²) < 4.78 is 15.0. The van der Waals surface area contributed by atoms with Crippen LogP contribution in [0.3, 0.4) is 0 Å². The number of rotatable bonds is 4. The van der Waals surface area contributed by atoms with Crippen LogP contribution in [0.1, 0.15) is 11.4 Å². The number of aliphatic hydroxyl groups excluding tert-OH is 1. The van der Waals surface area contributed by atoms with E-state index in [1.807, 2.05) is 0 Å². The third-order valence-corrected chi connectivity index (χ3v) is 2.42. The standard InChI is InChI=1S/C11H12FN3O/c12-10-4-2-1-3-9(10)5-6-15-8-13-14-11(15)7-16/h1-4,8,16H,5-7H2. The van der Waals surface area contributed by atoms with Gasteiger partial charge in [0.1, 0.15) is 18.8 Å². The smallest absolute Gasteiger partial charge is 0.158 e. The molecule has 0 spiro atoms. The van der Waals surface area contributed by atoms with Gasteiger partial charge in [0, 0.05) is 6.54 Å². The lowest BCUT2D eigenvalue weighted by atomic mass is 10.1. The first-order valence-corrected chi connectivity index (χ1v) is 5.02. The van der Waals surface area contributed by atoms with Gasteiger partial charge in [-0.2, -0.15) is 0 Å². The van der Waals surface area contributed by atoms with Crippen molar-refractivity contribution in [3.05, 3.63) is 47.8 Å². The lowest BCUT2D eigenvalue weighted by Gasteiger charge is -2.05. The van der Waals surface area contributed by atoms with Crippen molar-refractivity contribution in [3.8, 4) is 0 Å². The third-order valence-electron chi connectivity index (χ3n) is 2.42. The van der Waals surface area contributed by atoms with Crippen LogP contribution in [0.25, 0.3) is 0 Å². The Labute approximate surface area is 92.4 Å². The van der Waals surface area contributed by atoms with Crippen molar-refractivity contribution < 1.29 is 9.50 Å². The zero-order valence-electron chi connectivity index (χ0n) is 8.67. The molecule has 1 aromatic heterocycles. The quantitative estimate of drug-likeness (QED) is 0.842. The fourth-order valence-electron chi connectivity index (χ4n) is 1.53. The largest absolute Gasteiger partial charge is 0.388 e. The van der Waals surface area contributed by atoms with Gasteiger partial charge in [-0.1, -0.05) is 18.2 Å². The lowest BCUT2D eigenvalue weighted by Crippen LogP contribution is -2.06. The Morgan fingerprint density at radius 2 is 2.12 bits per heavy atom. The van der Waals surface area contributed by atoms with E-state index in [0.29, 0.717) is 24.4 Å². The molecule has 84 valence electrons. The van der Waals surface area contributed by atoms with Crippen molar-refractivity contribution in [2.45, 2.75) is 19.6 Å². The summed E-state index contributed by atoms with van der Waals surface area (Å²) in [6.07, 6.45) is 2.09. The minimum atomic E-state index is -0.207. The molecular weight excluding hydrogens is 209 g/mol. The van der Waals surface area contributed by atoms with Crippen LogP contribution < -0.4 is 0 Å². The van der Waals surface area contributed by atoms with Crippen LogP contribution in [0.2, 0.25) is 0 Å². The highest BCUT2D eigenvalue weighted by atomic mass is 19.1. The molecule has 0 bridgehead atoms. The minimum Gasteiger partial charge on any atom is -0.388 e. The molecule has 0 saturated heterocycles. The van der Waals surface area contributed by atoms with Crippen molar-refractivity contribution in [2.24, 2.45) is 0 Å². The van der Waals surface area contributed by atoms with Crippen LogP contribution in [-0.2, 0) is 19.6 Å². The first kappa shape index (κ1) is 10.8. The highest BCUT2D eigenvalue weighted by Crippen LogP contribution is 2.08. The summed E-state index contributed by atoms with van der Waals surface area (Å²) in [4.78, 5) is 0. The molecule has 1 aromatic carbocycles. The van der Waals surface area contributed by atoms with E-state index in [-0.39, 0.29) is 12.4 Å².